The van der Waals surface area contributed by atoms with Crippen LogP contribution in [0.25, 0.3) is 0 Å². The third-order valence-electron chi connectivity index (χ3n) is 4.58. The molecule has 0 saturated heterocycles. The summed E-state index contributed by atoms with van der Waals surface area (Å²) in [6.45, 7) is 8.39. The van der Waals surface area contributed by atoms with E-state index in [0.717, 1.165) is 28.1 Å². The number of carbonyl (C=O) groups is 2. The summed E-state index contributed by atoms with van der Waals surface area (Å²) in [6, 6.07) is 10.0. The number of carbonyl (C=O) groups excluding carboxylic acids is 2. The molecule has 0 radical (unpaired) electrons. The van der Waals surface area contributed by atoms with Crippen molar-refractivity contribution in [1.29, 1.82) is 0 Å². The van der Waals surface area contributed by atoms with E-state index in [0.29, 0.717) is 19.4 Å². The van der Waals surface area contributed by atoms with Crippen LogP contribution in [0.2, 0.25) is 0 Å². The van der Waals surface area contributed by atoms with Gasteiger partial charge in [0.2, 0.25) is 11.8 Å². The van der Waals surface area contributed by atoms with E-state index in [2.05, 4.69) is 5.32 Å². The molecule has 5 heteroatoms. The highest BCUT2D eigenvalue weighted by Crippen LogP contribution is 2.35. The number of amides is 2. The number of hydrogen-bond acceptors (Lipinski definition) is 2. The van der Waals surface area contributed by atoms with E-state index in [1.165, 1.54) is 12.1 Å². The molecule has 0 spiro atoms. The molecule has 4 nitrogen and oxygen atoms in total. The summed E-state index contributed by atoms with van der Waals surface area (Å²) < 4.78 is 13.1. The summed E-state index contributed by atoms with van der Waals surface area (Å²) in [5.74, 6) is -0.316. The van der Waals surface area contributed by atoms with Gasteiger partial charge in [0.25, 0.3) is 0 Å². The van der Waals surface area contributed by atoms with Crippen LogP contribution >= 0.6 is 0 Å². The molecular formula is C22H25FN2O2. The molecule has 0 bridgehead atoms. The van der Waals surface area contributed by atoms with Crippen molar-refractivity contribution in [2.24, 2.45) is 5.41 Å². The molecule has 0 saturated carbocycles. The second-order valence-corrected chi connectivity index (χ2v) is 8.36. The molecule has 2 aromatic carbocycles. The standard InChI is InChI=1S/C22H25FN2O2/c1-14-9-19-16(10-18(14)24-20(26)12-22(2,3)4)11-21(27)25(19)13-15-5-7-17(23)8-6-15/h5-10H,11-13H2,1-4H3,(H,24,26). The summed E-state index contributed by atoms with van der Waals surface area (Å²) in [5, 5.41) is 2.97. The zero-order valence-electron chi connectivity index (χ0n) is 16.2. The number of nitrogens with zero attached hydrogens (tertiary/aromatic N) is 1. The quantitative estimate of drug-likeness (QED) is 0.857. The summed E-state index contributed by atoms with van der Waals surface area (Å²) >= 11 is 0. The Morgan fingerprint density at radius 3 is 2.48 bits per heavy atom. The molecule has 0 aliphatic carbocycles. The monoisotopic (exact) mass is 368 g/mol. The van der Waals surface area contributed by atoms with Crippen LogP contribution in [0.4, 0.5) is 15.8 Å². The number of halogens is 1. The van der Waals surface area contributed by atoms with Crippen LogP contribution in [0, 0.1) is 18.2 Å². The molecule has 0 unspecified atom stereocenters. The highest BCUT2D eigenvalue weighted by atomic mass is 19.1. The first-order valence-electron chi connectivity index (χ1n) is 9.10. The van der Waals surface area contributed by atoms with Crippen molar-refractivity contribution < 1.29 is 14.0 Å². The zero-order chi connectivity index (χ0) is 19.8. The van der Waals surface area contributed by atoms with Gasteiger partial charge >= 0.3 is 0 Å². The van der Waals surface area contributed by atoms with Crippen LogP contribution in [0.1, 0.15) is 43.9 Å². The third kappa shape index (κ3) is 4.54. The molecule has 0 atom stereocenters. The van der Waals surface area contributed by atoms with Crippen molar-refractivity contribution in [3.05, 3.63) is 58.9 Å². The minimum atomic E-state index is -0.293. The summed E-state index contributed by atoms with van der Waals surface area (Å²) in [4.78, 5) is 26.5. The summed E-state index contributed by atoms with van der Waals surface area (Å²) in [7, 11) is 0. The lowest BCUT2D eigenvalue weighted by Crippen LogP contribution is -2.26. The maximum Gasteiger partial charge on any atom is 0.231 e. The molecule has 0 aromatic heterocycles. The summed E-state index contributed by atoms with van der Waals surface area (Å²) in [6.07, 6.45) is 0.734. The Morgan fingerprint density at radius 1 is 1.19 bits per heavy atom. The van der Waals surface area contributed by atoms with Gasteiger partial charge in [0.1, 0.15) is 5.82 Å². The average molecular weight is 368 g/mol. The van der Waals surface area contributed by atoms with E-state index in [-0.39, 0.29) is 23.0 Å². The molecule has 1 N–H and O–H groups in total. The van der Waals surface area contributed by atoms with Gasteiger partial charge in [-0.05, 0) is 53.3 Å². The Hall–Kier alpha value is -2.69. The van der Waals surface area contributed by atoms with Crippen molar-refractivity contribution in [3.63, 3.8) is 0 Å². The van der Waals surface area contributed by atoms with Gasteiger partial charge in [-0.1, -0.05) is 32.9 Å². The minimum absolute atomic E-state index is 0.00638. The number of aryl methyl sites for hydroxylation is 1. The topological polar surface area (TPSA) is 49.4 Å². The smallest absolute Gasteiger partial charge is 0.231 e. The fraction of sp³-hybridized carbons (Fsp3) is 0.364. The van der Waals surface area contributed by atoms with Crippen LogP contribution in [0.15, 0.2) is 36.4 Å². The maximum atomic E-state index is 13.1. The normalized spacial score (nSPS) is 13.7. The van der Waals surface area contributed by atoms with Crippen molar-refractivity contribution in [2.75, 3.05) is 10.2 Å². The van der Waals surface area contributed by atoms with Gasteiger partial charge in [-0.2, -0.15) is 0 Å². The Balaban J connectivity index is 1.81. The van der Waals surface area contributed by atoms with Gasteiger partial charge in [0, 0.05) is 17.8 Å². The molecule has 1 aliphatic heterocycles. The fourth-order valence-corrected chi connectivity index (χ4v) is 3.28. The predicted octanol–water partition coefficient (Wildman–Crippen LogP) is 4.60. The van der Waals surface area contributed by atoms with E-state index in [1.54, 1.807) is 17.0 Å². The van der Waals surface area contributed by atoms with E-state index in [9.17, 15) is 14.0 Å². The number of hydrogen-bond donors (Lipinski definition) is 1. The minimum Gasteiger partial charge on any atom is -0.326 e. The molecule has 2 amide bonds. The van der Waals surface area contributed by atoms with Crippen LogP contribution in [0.3, 0.4) is 0 Å². The molecule has 0 fully saturated rings. The molecule has 27 heavy (non-hydrogen) atoms. The number of nitrogens with one attached hydrogen (secondary N) is 1. The predicted molar refractivity (Wildman–Crippen MR) is 105 cm³/mol. The Bertz CT molecular complexity index is 882. The number of rotatable bonds is 4. The van der Waals surface area contributed by atoms with Crippen LogP contribution < -0.4 is 10.2 Å². The number of benzene rings is 2. The van der Waals surface area contributed by atoms with Gasteiger partial charge in [0.05, 0.1) is 13.0 Å². The molecule has 1 aliphatic rings. The molecule has 2 aromatic rings. The highest BCUT2D eigenvalue weighted by Gasteiger charge is 2.28. The summed E-state index contributed by atoms with van der Waals surface area (Å²) in [5.41, 5.74) is 4.21. The first-order valence-corrected chi connectivity index (χ1v) is 9.10. The number of anilines is 2. The zero-order valence-corrected chi connectivity index (χ0v) is 16.2. The van der Waals surface area contributed by atoms with Gasteiger partial charge in [-0.15, -0.1) is 0 Å². The van der Waals surface area contributed by atoms with Crippen molar-refractivity contribution in [3.8, 4) is 0 Å². The van der Waals surface area contributed by atoms with Gasteiger partial charge in [0.15, 0.2) is 0 Å². The Kier molecular flexibility index (Phi) is 5.05. The first-order chi connectivity index (χ1) is 12.6. The van der Waals surface area contributed by atoms with Crippen molar-refractivity contribution in [2.45, 2.75) is 47.1 Å². The highest BCUT2D eigenvalue weighted by molar-refractivity contribution is 6.02. The SMILES string of the molecule is Cc1cc2c(cc1NC(=O)CC(C)(C)C)CC(=O)N2Cc1ccc(F)cc1. The lowest BCUT2D eigenvalue weighted by atomic mass is 9.92. The Morgan fingerprint density at radius 2 is 1.85 bits per heavy atom. The second kappa shape index (κ2) is 7.14. The average Bonchev–Trinajstić information content (AvgIpc) is 2.83. The second-order valence-electron chi connectivity index (χ2n) is 8.36. The number of fused-ring (bicyclic) bond motifs is 1. The first kappa shape index (κ1) is 19.1. The maximum absolute atomic E-state index is 13.1. The van der Waals surface area contributed by atoms with Crippen LogP contribution in [-0.4, -0.2) is 11.8 Å². The van der Waals surface area contributed by atoms with E-state index >= 15 is 0 Å². The molecule has 142 valence electrons. The lowest BCUT2D eigenvalue weighted by molar-refractivity contribution is -0.118. The van der Waals surface area contributed by atoms with Gasteiger partial charge < -0.3 is 10.2 Å². The van der Waals surface area contributed by atoms with Gasteiger partial charge in [-0.3, -0.25) is 9.59 Å². The largest absolute Gasteiger partial charge is 0.326 e. The van der Waals surface area contributed by atoms with Crippen LogP contribution in [0.5, 0.6) is 0 Å². The van der Waals surface area contributed by atoms with E-state index < -0.39 is 0 Å². The Labute approximate surface area is 159 Å². The van der Waals surface area contributed by atoms with Gasteiger partial charge in [-0.25, -0.2) is 4.39 Å². The molecular weight excluding hydrogens is 343 g/mol. The van der Waals surface area contributed by atoms with Crippen LogP contribution in [-0.2, 0) is 22.6 Å². The molecule has 3 rings (SSSR count). The molecule has 1 heterocycles. The fourth-order valence-electron chi connectivity index (χ4n) is 3.28. The lowest BCUT2D eigenvalue weighted by Gasteiger charge is -2.20. The van der Waals surface area contributed by atoms with Crippen molar-refractivity contribution >= 4 is 23.2 Å². The van der Waals surface area contributed by atoms with E-state index in [1.807, 2.05) is 39.8 Å². The van der Waals surface area contributed by atoms with Crippen molar-refractivity contribution in [1.82, 2.24) is 0 Å². The van der Waals surface area contributed by atoms with E-state index in [4.69, 9.17) is 0 Å². The third-order valence-corrected chi connectivity index (χ3v) is 4.58.